The monoisotopic (exact) mass is 459 g/mol. The number of nitrogens with zero attached hydrogens (tertiary/aromatic N) is 1. The van der Waals surface area contributed by atoms with Gasteiger partial charge in [0.2, 0.25) is 0 Å². The number of sulfonamides is 1. The molecular formula is C22H22FN3O3S2. The second-order valence-corrected chi connectivity index (χ2v) is 9.63. The molecule has 0 saturated carbocycles. The molecule has 2 aromatic carbocycles. The van der Waals surface area contributed by atoms with Crippen molar-refractivity contribution in [2.24, 2.45) is 0 Å². The fourth-order valence-electron chi connectivity index (χ4n) is 2.52. The van der Waals surface area contributed by atoms with Gasteiger partial charge in [0.15, 0.2) is 0 Å². The molecule has 0 spiro atoms. The van der Waals surface area contributed by atoms with Gasteiger partial charge in [-0.3, -0.25) is 9.52 Å². The Balaban J connectivity index is 1.63. The Morgan fingerprint density at radius 1 is 1.06 bits per heavy atom. The third-order valence-electron chi connectivity index (χ3n) is 4.44. The van der Waals surface area contributed by atoms with Gasteiger partial charge in [0.25, 0.3) is 15.9 Å². The summed E-state index contributed by atoms with van der Waals surface area (Å²) >= 11 is 1.39. The van der Waals surface area contributed by atoms with Gasteiger partial charge in [-0.2, -0.15) is 0 Å². The normalized spacial score (nSPS) is 12.2. The highest BCUT2D eigenvalue weighted by molar-refractivity contribution is 7.99. The van der Waals surface area contributed by atoms with Crippen LogP contribution in [0.3, 0.4) is 0 Å². The molecular weight excluding hydrogens is 437 g/mol. The maximum Gasteiger partial charge on any atom is 0.261 e. The summed E-state index contributed by atoms with van der Waals surface area (Å²) in [6.45, 7) is 3.95. The average Bonchev–Trinajstić information content (AvgIpc) is 2.75. The minimum absolute atomic E-state index is 0.0194. The first-order valence-electron chi connectivity index (χ1n) is 9.60. The third kappa shape index (κ3) is 6.28. The summed E-state index contributed by atoms with van der Waals surface area (Å²) in [6, 6.07) is 15.0. The van der Waals surface area contributed by atoms with Crippen LogP contribution in [-0.2, 0) is 10.0 Å². The Labute approximate surface area is 185 Å². The molecule has 3 aromatic rings. The van der Waals surface area contributed by atoms with Crippen molar-refractivity contribution in [3.63, 3.8) is 0 Å². The maximum atomic E-state index is 13.0. The van der Waals surface area contributed by atoms with Crippen molar-refractivity contribution in [3.8, 4) is 0 Å². The van der Waals surface area contributed by atoms with Crippen molar-refractivity contribution >= 4 is 33.4 Å². The number of pyridine rings is 1. The van der Waals surface area contributed by atoms with Crippen molar-refractivity contribution in [1.29, 1.82) is 0 Å². The molecule has 0 saturated heterocycles. The number of nitrogens with one attached hydrogen (secondary N) is 2. The predicted octanol–water partition coefficient (Wildman–Crippen LogP) is 4.70. The smallest absolute Gasteiger partial charge is 0.261 e. The molecule has 0 radical (unpaired) electrons. The molecule has 1 amide bonds. The minimum Gasteiger partial charge on any atom is -0.350 e. The molecule has 0 fully saturated rings. The van der Waals surface area contributed by atoms with E-state index in [2.05, 4.69) is 15.0 Å². The number of aromatic nitrogens is 1. The number of carbonyl (C=O) groups excluding carboxylic acids is 1. The van der Waals surface area contributed by atoms with E-state index in [0.29, 0.717) is 16.3 Å². The summed E-state index contributed by atoms with van der Waals surface area (Å²) in [4.78, 5) is 17.3. The van der Waals surface area contributed by atoms with Gasteiger partial charge in [0.05, 0.1) is 10.5 Å². The quantitative estimate of drug-likeness (QED) is 0.510. The van der Waals surface area contributed by atoms with Gasteiger partial charge in [-0.05, 0) is 74.0 Å². The van der Waals surface area contributed by atoms with Crippen LogP contribution >= 0.6 is 11.8 Å². The van der Waals surface area contributed by atoms with Crippen molar-refractivity contribution in [2.45, 2.75) is 41.1 Å². The second kappa shape index (κ2) is 9.93. The molecule has 3 rings (SSSR count). The lowest BCUT2D eigenvalue weighted by Crippen LogP contribution is -2.31. The van der Waals surface area contributed by atoms with Gasteiger partial charge < -0.3 is 5.32 Å². The van der Waals surface area contributed by atoms with Gasteiger partial charge in [0.1, 0.15) is 10.8 Å². The molecule has 0 bridgehead atoms. The summed E-state index contributed by atoms with van der Waals surface area (Å²) in [5.41, 5.74) is 0.883. The van der Waals surface area contributed by atoms with E-state index in [-0.39, 0.29) is 16.8 Å². The molecule has 1 aromatic heterocycles. The average molecular weight is 460 g/mol. The Hall–Kier alpha value is -2.91. The molecule has 9 heteroatoms. The van der Waals surface area contributed by atoms with E-state index in [9.17, 15) is 17.6 Å². The zero-order valence-corrected chi connectivity index (χ0v) is 18.6. The second-order valence-electron chi connectivity index (χ2n) is 6.85. The molecule has 0 aliphatic rings. The largest absolute Gasteiger partial charge is 0.350 e. The number of benzene rings is 2. The Kier molecular flexibility index (Phi) is 7.29. The summed E-state index contributed by atoms with van der Waals surface area (Å²) in [7, 11) is -3.80. The molecule has 0 unspecified atom stereocenters. The van der Waals surface area contributed by atoms with Crippen LogP contribution in [0.4, 0.5) is 10.1 Å². The Morgan fingerprint density at radius 2 is 1.74 bits per heavy atom. The number of hydrogen-bond donors (Lipinski definition) is 2. The minimum atomic E-state index is -3.80. The molecule has 162 valence electrons. The maximum absolute atomic E-state index is 13.0. The van der Waals surface area contributed by atoms with Crippen LogP contribution in [-0.4, -0.2) is 25.4 Å². The van der Waals surface area contributed by atoms with Crippen molar-refractivity contribution in [2.75, 3.05) is 4.72 Å². The van der Waals surface area contributed by atoms with E-state index in [1.54, 1.807) is 36.4 Å². The van der Waals surface area contributed by atoms with Crippen LogP contribution in [0.25, 0.3) is 0 Å². The van der Waals surface area contributed by atoms with Crippen LogP contribution in [0.1, 0.15) is 30.6 Å². The highest BCUT2D eigenvalue weighted by Crippen LogP contribution is 2.27. The predicted molar refractivity (Wildman–Crippen MR) is 119 cm³/mol. The van der Waals surface area contributed by atoms with Crippen LogP contribution in [0, 0.1) is 5.82 Å². The number of halogens is 1. The van der Waals surface area contributed by atoms with E-state index in [4.69, 9.17) is 0 Å². The number of anilines is 1. The summed E-state index contributed by atoms with van der Waals surface area (Å²) in [5.74, 6) is -0.658. The highest BCUT2D eigenvalue weighted by atomic mass is 32.2. The fourth-order valence-corrected chi connectivity index (χ4v) is 4.34. The zero-order chi connectivity index (χ0) is 22.4. The van der Waals surface area contributed by atoms with Gasteiger partial charge in [-0.25, -0.2) is 17.8 Å². The molecule has 0 aliphatic heterocycles. The zero-order valence-electron chi connectivity index (χ0n) is 17.0. The van der Waals surface area contributed by atoms with Gasteiger partial charge in [-0.1, -0.05) is 18.7 Å². The lowest BCUT2D eigenvalue weighted by atomic mass is 10.2. The van der Waals surface area contributed by atoms with Crippen LogP contribution in [0.5, 0.6) is 0 Å². The SMILES string of the molecule is CC[C@@H](C)NC(=O)c1ccc(Sc2ccc(NS(=O)(=O)c3ccc(F)cc3)cc2)nc1. The van der Waals surface area contributed by atoms with E-state index in [0.717, 1.165) is 23.4 Å². The van der Waals surface area contributed by atoms with E-state index in [1.165, 1.54) is 30.1 Å². The lowest BCUT2D eigenvalue weighted by molar-refractivity contribution is 0.0938. The topological polar surface area (TPSA) is 88.2 Å². The Bertz CT molecular complexity index is 1130. The standard InChI is InChI=1S/C22H22FN3O3S2/c1-3-15(2)25-22(27)16-4-13-21(24-14-16)30-19-9-7-18(8-10-19)26-31(28,29)20-11-5-17(23)6-12-20/h4-15,26H,3H2,1-2H3,(H,25,27)/t15-/m1/s1. The van der Waals surface area contributed by atoms with E-state index in [1.807, 2.05) is 13.8 Å². The molecule has 1 atom stereocenters. The van der Waals surface area contributed by atoms with Crippen molar-refractivity contribution in [1.82, 2.24) is 10.3 Å². The molecule has 0 aliphatic carbocycles. The van der Waals surface area contributed by atoms with E-state index >= 15 is 0 Å². The molecule has 1 heterocycles. The third-order valence-corrected chi connectivity index (χ3v) is 6.80. The van der Waals surface area contributed by atoms with Crippen molar-refractivity contribution < 1.29 is 17.6 Å². The van der Waals surface area contributed by atoms with Gasteiger partial charge >= 0.3 is 0 Å². The molecule has 31 heavy (non-hydrogen) atoms. The van der Waals surface area contributed by atoms with Crippen LogP contribution < -0.4 is 10.0 Å². The first-order chi connectivity index (χ1) is 14.8. The van der Waals surface area contributed by atoms with Gasteiger partial charge in [-0.15, -0.1) is 0 Å². The fraction of sp³-hybridized carbons (Fsp3) is 0.182. The van der Waals surface area contributed by atoms with Gasteiger partial charge in [0, 0.05) is 22.8 Å². The summed E-state index contributed by atoms with van der Waals surface area (Å²) < 4.78 is 40.2. The Morgan fingerprint density at radius 3 is 2.32 bits per heavy atom. The first-order valence-corrected chi connectivity index (χ1v) is 11.9. The summed E-state index contributed by atoms with van der Waals surface area (Å²) in [6.07, 6.45) is 2.38. The van der Waals surface area contributed by atoms with Crippen LogP contribution in [0.2, 0.25) is 0 Å². The number of rotatable bonds is 8. The number of hydrogen-bond acceptors (Lipinski definition) is 5. The highest BCUT2D eigenvalue weighted by Gasteiger charge is 2.14. The van der Waals surface area contributed by atoms with Crippen molar-refractivity contribution in [3.05, 3.63) is 78.2 Å². The summed E-state index contributed by atoms with van der Waals surface area (Å²) in [5, 5.41) is 3.60. The number of amides is 1. The molecule has 2 N–H and O–H groups in total. The molecule has 6 nitrogen and oxygen atoms in total. The number of carbonyl (C=O) groups is 1. The lowest BCUT2D eigenvalue weighted by Gasteiger charge is -2.11. The van der Waals surface area contributed by atoms with E-state index < -0.39 is 15.8 Å². The first kappa shape index (κ1) is 22.8. The van der Waals surface area contributed by atoms with Crippen LogP contribution in [0.15, 0.2) is 81.7 Å².